The van der Waals surface area contributed by atoms with Gasteiger partial charge in [-0.2, -0.15) is 0 Å². The lowest BCUT2D eigenvalue weighted by Crippen LogP contribution is -1.82. The van der Waals surface area contributed by atoms with Crippen LogP contribution in [0.1, 0.15) is 23.4 Å². The van der Waals surface area contributed by atoms with Gasteiger partial charge >= 0.3 is 0 Å². The summed E-state index contributed by atoms with van der Waals surface area (Å²) in [5.41, 5.74) is 2.16. The molecule has 0 aliphatic heterocycles. The summed E-state index contributed by atoms with van der Waals surface area (Å²) in [6, 6.07) is 6.20. The summed E-state index contributed by atoms with van der Waals surface area (Å²) in [6.07, 6.45) is 0. The number of benzene rings is 1. The van der Waals surface area contributed by atoms with Crippen LogP contribution in [0.3, 0.4) is 0 Å². The molecule has 0 saturated heterocycles. The average Bonchev–Trinajstić information content (AvgIpc) is 2.64. The lowest BCUT2D eigenvalue weighted by molar-refractivity contribution is -0.111. The van der Waals surface area contributed by atoms with Crippen molar-refractivity contribution in [2.24, 2.45) is 5.92 Å². The maximum Gasteiger partial charge on any atom is 0.144 e. The Labute approximate surface area is 92.0 Å². The van der Waals surface area contributed by atoms with Crippen molar-refractivity contribution >= 4 is 27.3 Å². The summed E-state index contributed by atoms with van der Waals surface area (Å²) in [5.74, 6) is 0.708. The molecule has 1 saturated carbocycles. The average molecular weight is 217 g/mol. The minimum atomic E-state index is 0.136. The Bertz CT molecular complexity index is 558. The van der Waals surface area contributed by atoms with Crippen LogP contribution in [0.2, 0.25) is 0 Å². The fourth-order valence-corrected chi connectivity index (χ4v) is 2.88. The van der Waals surface area contributed by atoms with Crippen molar-refractivity contribution in [1.82, 2.24) is 4.98 Å². The number of thiazole rings is 1. The number of aryl methyl sites for hydroxylation is 1. The lowest BCUT2D eigenvalue weighted by atomic mass is 10.1. The van der Waals surface area contributed by atoms with Gasteiger partial charge in [-0.15, -0.1) is 11.3 Å². The van der Waals surface area contributed by atoms with Gasteiger partial charge in [-0.1, -0.05) is 13.0 Å². The molecule has 1 aromatic heterocycles. The van der Waals surface area contributed by atoms with Crippen LogP contribution < -0.4 is 0 Å². The first-order valence-electron chi connectivity index (χ1n) is 5.07. The van der Waals surface area contributed by atoms with E-state index in [2.05, 4.69) is 23.2 Å². The fraction of sp³-hybridized carbons (Fsp3) is 0.333. The highest BCUT2D eigenvalue weighted by Crippen LogP contribution is 2.43. The minimum absolute atomic E-state index is 0.136. The van der Waals surface area contributed by atoms with Gasteiger partial charge < -0.3 is 0 Å². The molecule has 0 amide bonds. The molecule has 1 heterocycles. The summed E-state index contributed by atoms with van der Waals surface area (Å²) in [5, 5.41) is 1.08. The molecule has 1 aliphatic rings. The Morgan fingerprint density at radius 3 is 2.80 bits per heavy atom. The SMILES string of the molecule is Cc1nc2cc(C3C(=O)C3C)ccc2s1. The van der Waals surface area contributed by atoms with Crippen LogP contribution in [-0.4, -0.2) is 10.8 Å². The molecule has 0 radical (unpaired) electrons. The molecular weight excluding hydrogens is 206 g/mol. The molecule has 2 atom stereocenters. The van der Waals surface area contributed by atoms with E-state index in [1.807, 2.05) is 13.8 Å². The van der Waals surface area contributed by atoms with Crippen molar-refractivity contribution in [1.29, 1.82) is 0 Å². The standard InChI is InChI=1S/C12H11NOS/c1-6-11(12(6)14)8-3-4-10-9(5-8)13-7(2)15-10/h3-6,11H,1-2H3. The van der Waals surface area contributed by atoms with E-state index >= 15 is 0 Å². The number of Topliss-reactive ketones (excluding diaryl/α,β-unsaturated/α-hetero) is 1. The van der Waals surface area contributed by atoms with Crippen LogP contribution in [0.4, 0.5) is 0 Å². The van der Waals surface area contributed by atoms with E-state index in [9.17, 15) is 4.79 Å². The second-order valence-electron chi connectivity index (χ2n) is 4.13. The molecule has 2 aromatic rings. The number of fused-ring (bicyclic) bond motifs is 1. The third-order valence-corrected chi connectivity index (χ3v) is 3.98. The molecule has 3 heteroatoms. The Hall–Kier alpha value is -1.22. The van der Waals surface area contributed by atoms with E-state index in [0.29, 0.717) is 5.78 Å². The van der Waals surface area contributed by atoms with Crippen LogP contribution in [-0.2, 0) is 4.79 Å². The van der Waals surface area contributed by atoms with Crippen molar-refractivity contribution < 1.29 is 4.79 Å². The maximum atomic E-state index is 11.3. The molecule has 0 N–H and O–H groups in total. The summed E-state index contributed by atoms with van der Waals surface area (Å²) in [4.78, 5) is 15.8. The van der Waals surface area contributed by atoms with Gasteiger partial charge in [-0.3, -0.25) is 4.79 Å². The highest BCUT2D eigenvalue weighted by Gasteiger charge is 2.46. The van der Waals surface area contributed by atoms with Crippen LogP contribution in [0.5, 0.6) is 0 Å². The molecule has 0 bridgehead atoms. The van der Waals surface area contributed by atoms with Crippen molar-refractivity contribution in [3.05, 3.63) is 28.8 Å². The summed E-state index contributed by atoms with van der Waals surface area (Å²) < 4.78 is 1.21. The second-order valence-corrected chi connectivity index (χ2v) is 5.36. The first-order valence-corrected chi connectivity index (χ1v) is 5.89. The smallest absolute Gasteiger partial charge is 0.144 e. The lowest BCUT2D eigenvalue weighted by Gasteiger charge is -1.95. The van der Waals surface area contributed by atoms with Gasteiger partial charge in [0, 0.05) is 5.92 Å². The number of hydrogen-bond donors (Lipinski definition) is 0. The Morgan fingerprint density at radius 2 is 2.13 bits per heavy atom. The third-order valence-electron chi connectivity index (χ3n) is 3.02. The maximum absolute atomic E-state index is 11.3. The van der Waals surface area contributed by atoms with Crippen molar-refractivity contribution in [3.63, 3.8) is 0 Å². The van der Waals surface area contributed by atoms with Gasteiger partial charge in [0.1, 0.15) is 5.78 Å². The predicted molar refractivity (Wildman–Crippen MR) is 61.3 cm³/mol. The van der Waals surface area contributed by atoms with Gasteiger partial charge in [0.2, 0.25) is 0 Å². The third kappa shape index (κ3) is 1.30. The van der Waals surface area contributed by atoms with Gasteiger partial charge in [-0.05, 0) is 24.6 Å². The number of carbonyl (C=O) groups excluding carboxylic acids is 1. The highest BCUT2D eigenvalue weighted by molar-refractivity contribution is 7.18. The highest BCUT2D eigenvalue weighted by atomic mass is 32.1. The molecule has 1 aromatic carbocycles. The molecule has 15 heavy (non-hydrogen) atoms. The van der Waals surface area contributed by atoms with Crippen LogP contribution in [0, 0.1) is 12.8 Å². The van der Waals surface area contributed by atoms with E-state index in [-0.39, 0.29) is 11.8 Å². The zero-order chi connectivity index (χ0) is 10.6. The fourth-order valence-electron chi connectivity index (χ4n) is 2.07. The van der Waals surface area contributed by atoms with E-state index in [0.717, 1.165) is 16.1 Å². The number of carbonyl (C=O) groups is 1. The number of nitrogens with zero attached hydrogens (tertiary/aromatic N) is 1. The Kier molecular flexibility index (Phi) is 1.74. The topological polar surface area (TPSA) is 30.0 Å². The Balaban J connectivity index is 2.10. The molecular formula is C12H11NOS. The molecule has 2 unspecified atom stereocenters. The molecule has 1 aliphatic carbocycles. The van der Waals surface area contributed by atoms with Gasteiger partial charge in [0.05, 0.1) is 21.1 Å². The van der Waals surface area contributed by atoms with E-state index in [1.165, 1.54) is 4.70 Å². The predicted octanol–water partition coefficient (Wildman–Crippen LogP) is 2.91. The van der Waals surface area contributed by atoms with Crippen LogP contribution in [0.25, 0.3) is 10.2 Å². The van der Waals surface area contributed by atoms with Gasteiger partial charge in [0.15, 0.2) is 0 Å². The van der Waals surface area contributed by atoms with Crippen LogP contribution in [0.15, 0.2) is 18.2 Å². The molecule has 2 nitrogen and oxygen atoms in total. The minimum Gasteiger partial charge on any atom is -0.299 e. The molecule has 76 valence electrons. The van der Waals surface area contributed by atoms with E-state index in [1.54, 1.807) is 11.3 Å². The summed E-state index contributed by atoms with van der Waals surface area (Å²) in [6.45, 7) is 4.00. The first kappa shape index (κ1) is 9.04. The zero-order valence-corrected chi connectivity index (χ0v) is 9.47. The second kappa shape index (κ2) is 2.89. The van der Waals surface area contributed by atoms with Gasteiger partial charge in [-0.25, -0.2) is 4.98 Å². The van der Waals surface area contributed by atoms with E-state index in [4.69, 9.17) is 0 Å². The zero-order valence-electron chi connectivity index (χ0n) is 8.65. The first-order chi connectivity index (χ1) is 7.16. The molecule has 1 fully saturated rings. The van der Waals surface area contributed by atoms with E-state index < -0.39 is 0 Å². The van der Waals surface area contributed by atoms with Crippen LogP contribution >= 0.6 is 11.3 Å². The summed E-state index contributed by atoms with van der Waals surface area (Å²) >= 11 is 1.70. The van der Waals surface area contributed by atoms with Crippen molar-refractivity contribution in [2.75, 3.05) is 0 Å². The normalized spacial score (nSPS) is 24.8. The van der Waals surface area contributed by atoms with Gasteiger partial charge in [0.25, 0.3) is 0 Å². The summed E-state index contributed by atoms with van der Waals surface area (Å²) in [7, 11) is 0. The number of aromatic nitrogens is 1. The quantitative estimate of drug-likeness (QED) is 0.735. The van der Waals surface area contributed by atoms with Crippen molar-refractivity contribution in [2.45, 2.75) is 19.8 Å². The Morgan fingerprint density at radius 1 is 1.40 bits per heavy atom. The largest absolute Gasteiger partial charge is 0.299 e. The molecule has 0 spiro atoms. The van der Waals surface area contributed by atoms with Crippen molar-refractivity contribution in [3.8, 4) is 0 Å². The molecule has 3 rings (SSSR count). The number of ketones is 1. The monoisotopic (exact) mass is 217 g/mol. The number of hydrogen-bond acceptors (Lipinski definition) is 3. The number of rotatable bonds is 1.